The molecule has 0 unspecified atom stereocenters. The third-order valence-electron chi connectivity index (χ3n) is 5.18. The number of aromatic nitrogens is 2. The maximum absolute atomic E-state index is 15.1. The van der Waals surface area contributed by atoms with Crippen molar-refractivity contribution in [3.8, 4) is 0 Å². The highest BCUT2D eigenvalue weighted by atomic mass is 19.3. The molecule has 1 atom stereocenters. The van der Waals surface area contributed by atoms with Crippen LogP contribution in [0.5, 0.6) is 0 Å². The van der Waals surface area contributed by atoms with Crippen molar-refractivity contribution in [2.24, 2.45) is 5.92 Å². The highest BCUT2D eigenvalue weighted by Gasteiger charge is 2.39. The number of aryl methyl sites for hydroxylation is 1. The summed E-state index contributed by atoms with van der Waals surface area (Å²) in [4.78, 5) is 8.85. The topological polar surface area (TPSA) is 75.9 Å². The molecule has 0 aliphatic heterocycles. The second kappa shape index (κ2) is 8.01. The van der Waals surface area contributed by atoms with Gasteiger partial charge in [-0.2, -0.15) is 0 Å². The molecule has 1 aromatic heterocycles. The number of nitrogens with one attached hydrogen (secondary N) is 2. The van der Waals surface area contributed by atoms with E-state index in [1.807, 2.05) is 0 Å². The Bertz CT molecular complexity index is 1080. The molecule has 0 aliphatic rings. The first kappa shape index (κ1) is 21.7. The van der Waals surface area contributed by atoms with Crippen LogP contribution in [0.2, 0.25) is 0 Å². The quantitative estimate of drug-likeness (QED) is 0.454. The van der Waals surface area contributed by atoms with Gasteiger partial charge in [0.25, 0.3) is 5.92 Å². The molecule has 0 spiro atoms. The minimum atomic E-state index is -3.27. The van der Waals surface area contributed by atoms with Gasteiger partial charge in [0, 0.05) is 23.9 Å². The summed E-state index contributed by atoms with van der Waals surface area (Å²) in [6.45, 7) is 6.18. The molecule has 1 heterocycles. The first-order valence-corrected chi connectivity index (χ1v) is 9.75. The van der Waals surface area contributed by atoms with Crippen LogP contribution in [0.1, 0.15) is 43.8 Å². The van der Waals surface area contributed by atoms with Crippen molar-refractivity contribution in [3.05, 3.63) is 53.1 Å². The van der Waals surface area contributed by atoms with Crippen molar-refractivity contribution < 1.29 is 13.2 Å². The number of nitrogens with two attached hydrogens (primary N) is 1. The van der Waals surface area contributed by atoms with E-state index < -0.39 is 29.3 Å². The zero-order valence-corrected chi connectivity index (χ0v) is 17.6. The van der Waals surface area contributed by atoms with E-state index in [1.165, 1.54) is 26.0 Å². The minimum Gasteiger partial charge on any atom is -0.397 e. The van der Waals surface area contributed by atoms with Gasteiger partial charge in [0.2, 0.25) is 0 Å². The van der Waals surface area contributed by atoms with Crippen molar-refractivity contribution in [1.29, 1.82) is 0 Å². The molecule has 5 nitrogen and oxygen atoms in total. The van der Waals surface area contributed by atoms with Gasteiger partial charge < -0.3 is 16.4 Å². The molecule has 0 fully saturated rings. The van der Waals surface area contributed by atoms with E-state index in [9.17, 15) is 8.78 Å². The molecule has 160 valence electrons. The molecular formula is C22H26F3N5. The predicted molar refractivity (Wildman–Crippen MR) is 115 cm³/mol. The fraction of sp³-hybridized carbons (Fsp3) is 0.364. The van der Waals surface area contributed by atoms with Gasteiger partial charge in [0.15, 0.2) is 0 Å². The summed E-state index contributed by atoms with van der Waals surface area (Å²) in [6.07, 6.45) is 0. The average Bonchev–Trinajstić information content (AvgIpc) is 2.67. The number of benzene rings is 2. The third-order valence-corrected chi connectivity index (χ3v) is 5.18. The molecule has 0 aliphatic carbocycles. The van der Waals surface area contributed by atoms with Gasteiger partial charge >= 0.3 is 0 Å². The van der Waals surface area contributed by atoms with E-state index in [4.69, 9.17) is 5.73 Å². The lowest BCUT2D eigenvalue weighted by atomic mass is 9.94. The molecule has 30 heavy (non-hydrogen) atoms. The van der Waals surface area contributed by atoms with Crippen molar-refractivity contribution in [3.63, 3.8) is 0 Å². The summed E-state index contributed by atoms with van der Waals surface area (Å²) < 4.78 is 44.0. The van der Waals surface area contributed by atoms with Crippen LogP contribution in [0.15, 0.2) is 30.3 Å². The Balaban J connectivity index is 2.04. The van der Waals surface area contributed by atoms with E-state index >= 15 is 4.39 Å². The van der Waals surface area contributed by atoms with Gasteiger partial charge in [-0.1, -0.05) is 32.0 Å². The number of hydrogen-bond donors (Lipinski definition) is 3. The fourth-order valence-corrected chi connectivity index (χ4v) is 3.37. The molecular weight excluding hydrogens is 391 g/mol. The van der Waals surface area contributed by atoms with Gasteiger partial charge in [-0.3, -0.25) is 0 Å². The smallest absolute Gasteiger partial charge is 0.278 e. The Morgan fingerprint density at radius 1 is 1.10 bits per heavy atom. The predicted octanol–water partition coefficient (Wildman–Crippen LogP) is 5.62. The summed E-state index contributed by atoms with van der Waals surface area (Å²) >= 11 is 0. The summed E-state index contributed by atoms with van der Waals surface area (Å²) in [5.41, 5.74) is 7.52. The lowest BCUT2D eigenvalue weighted by molar-refractivity contribution is -0.0545. The third kappa shape index (κ3) is 3.86. The van der Waals surface area contributed by atoms with E-state index in [0.29, 0.717) is 28.2 Å². The molecule has 3 rings (SSSR count). The van der Waals surface area contributed by atoms with Gasteiger partial charge in [0.05, 0.1) is 28.5 Å². The molecule has 3 aromatic rings. The van der Waals surface area contributed by atoms with Gasteiger partial charge in [0.1, 0.15) is 17.5 Å². The molecule has 0 bridgehead atoms. The number of fused-ring (bicyclic) bond motifs is 1. The zero-order chi connectivity index (χ0) is 22.2. The number of nitrogen functional groups attached to an aromatic ring is 1. The summed E-state index contributed by atoms with van der Waals surface area (Å²) in [6, 6.07) is 7.00. The second-order valence-electron chi connectivity index (χ2n) is 7.68. The largest absolute Gasteiger partial charge is 0.397 e. The Morgan fingerprint density at radius 2 is 1.80 bits per heavy atom. The fourth-order valence-electron chi connectivity index (χ4n) is 3.37. The van der Waals surface area contributed by atoms with E-state index in [2.05, 4.69) is 20.6 Å². The monoisotopic (exact) mass is 417 g/mol. The zero-order valence-electron chi connectivity index (χ0n) is 17.6. The number of anilines is 3. The van der Waals surface area contributed by atoms with Crippen LogP contribution in [-0.2, 0) is 5.92 Å². The van der Waals surface area contributed by atoms with E-state index in [-0.39, 0.29) is 5.56 Å². The molecule has 0 amide bonds. The van der Waals surface area contributed by atoms with Gasteiger partial charge in [-0.05, 0) is 26.0 Å². The minimum absolute atomic E-state index is 0.136. The second-order valence-corrected chi connectivity index (χ2v) is 7.68. The van der Waals surface area contributed by atoms with Crippen LogP contribution in [0.25, 0.3) is 10.9 Å². The van der Waals surface area contributed by atoms with Gasteiger partial charge in [-0.15, -0.1) is 0 Å². The Kier molecular flexibility index (Phi) is 5.78. The SMILES string of the molecule is CNc1cc2nc(C)nc(N[C@H](C)c3cccc(C(F)(F)C(C)C)c3F)c2cc1N. The van der Waals surface area contributed by atoms with Crippen LogP contribution in [0.3, 0.4) is 0 Å². The first-order valence-electron chi connectivity index (χ1n) is 9.75. The lowest BCUT2D eigenvalue weighted by Gasteiger charge is -2.24. The normalized spacial score (nSPS) is 13.0. The van der Waals surface area contributed by atoms with E-state index in [0.717, 1.165) is 11.8 Å². The molecule has 2 aromatic carbocycles. The van der Waals surface area contributed by atoms with Crippen LogP contribution < -0.4 is 16.4 Å². The number of halogens is 3. The van der Waals surface area contributed by atoms with Crippen LogP contribution in [-0.4, -0.2) is 17.0 Å². The maximum atomic E-state index is 15.1. The molecule has 0 radical (unpaired) electrons. The Morgan fingerprint density at radius 3 is 2.43 bits per heavy atom. The molecule has 4 N–H and O–H groups in total. The van der Waals surface area contributed by atoms with Gasteiger partial charge in [-0.25, -0.2) is 23.1 Å². The summed E-state index contributed by atoms with van der Waals surface area (Å²) in [7, 11) is 1.76. The van der Waals surface area contributed by atoms with Crippen molar-refractivity contribution in [2.45, 2.75) is 39.7 Å². The van der Waals surface area contributed by atoms with Crippen molar-refractivity contribution in [1.82, 2.24) is 9.97 Å². The number of alkyl halides is 2. The summed E-state index contributed by atoms with van der Waals surface area (Å²) in [5, 5.41) is 6.81. The van der Waals surface area contributed by atoms with Crippen LogP contribution >= 0.6 is 0 Å². The standard InChI is InChI=1S/C22H26F3N5/c1-11(2)22(24,25)16-8-6-7-14(20(16)23)12(3)28-21-15-9-17(26)19(27-5)10-18(15)29-13(4)30-21/h6-12,27H,26H2,1-5H3,(H,28,29,30)/t12-/m1/s1. The highest BCUT2D eigenvalue weighted by molar-refractivity contribution is 5.95. The maximum Gasteiger partial charge on any atom is 0.278 e. The van der Waals surface area contributed by atoms with E-state index in [1.54, 1.807) is 33.0 Å². The molecule has 0 saturated heterocycles. The number of nitrogens with zero attached hydrogens (tertiary/aromatic N) is 2. The Hall–Kier alpha value is -3.03. The molecule has 8 heteroatoms. The van der Waals surface area contributed by atoms with Crippen molar-refractivity contribution in [2.75, 3.05) is 23.4 Å². The lowest BCUT2D eigenvalue weighted by Crippen LogP contribution is -2.24. The average molecular weight is 417 g/mol. The number of hydrogen-bond acceptors (Lipinski definition) is 5. The molecule has 0 saturated carbocycles. The number of rotatable bonds is 6. The van der Waals surface area contributed by atoms with Crippen molar-refractivity contribution >= 4 is 28.1 Å². The Labute approximate surface area is 173 Å². The van der Waals surface area contributed by atoms with Crippen LogP contribution in [0, 0.1) is 18.7 Å². The summed E-state index contributed by atoms with van der Waals surface area (Å²) in [5.74, 6) is -4.23. The first-order chi connectivity index (χ1) is 14.1. The highest BCUT2D eigenvalue weighted by Crippen LogP contribution is 2.39. The van der Waals surface area contributed by atoms with Crippen LogP contribution in [0.4, 0.5) is 30.4 Å².